The van der Waals surface area contributed by atoms with Crippen LogP contribution in [-0.4, -0.2) is 215 Å². The number of likely N-dealkylation sites (N-methyl/N-ethyl adjacent to an activating group) is 1. The lowest BCUT2D eigenvalue weighted by Crippen LogP contribution is -2.62. The number of hydrogen-bond donors (Lipinski definition) is 9. The fraction of sp³-hybridized carbons (Fsp3) is 0.431. The minimum atomic E-state index is -1.90. The lowest BCUT2D eigenvalue weighted by molar-refractivity contribution is -0.280. The maximum atomic E-state index is 15.2. The van der Waals surface area contributed by atoms with E-state index in [1.807, 2.05) is 0 Å². The zero-order chi connectivity index (χ0) is 72.0. The van der Waals surface area contributed by atoms with Gasteiger partial charge in [-0.3, -0.25) is 28.9 Å². The molecule has 10 atom stereocenters. The van der Waals surface area contributed by atoms with Gasteiger partial charge in [0.25, 0.3) is 17.7 Å². The van der Waals surface area contributed by atoms with Gasteiger partial charge >= 0.3 is 11.9 Å². The number of pyridine rings is 1. The summed E-state index contributed by atoms with van der Waals surface area (Å²) < 4.78 is 43.8. The van der Waals surface area contributed by atoms with Gasteiger partial charge in [-0.2, -0.15) is 4.73 Å². The zero-order valence-electron chi connectivity index (χ0n) is 55.7. The molecule has 538 valence electrons. The van der Waals surface area contributed by atoms with Crippen LogP contribution in [-0.2, 0) is 67.3 Å². The number of aliphatic hydroxyl groups excluding tert-OH is 1. The highest BCUT2D eigenvalue weighted by Crippen LogP contribution is 2.43. The fourth-order valence-corrected chi connectivity index (χ4v) is 17.0. The summed E-state index contributed by atoms with van der Waals surface area (Å²) in [5.41, 5.74) is -1.50. The summed E-state index contributed by atoms with van der Waals surface area (Å²) in [6.45, 7) is 7.64. The van der Waals surface area contributed by atoms with Crippen LogP contribution in [0, 0.1) is 0 Å². The quantitative estimate of drug-likeness (QED) is 0.0489. The Morgan fingerprint density at radius 1 is 0.843 bits per heavy atom. The molecule has 7 aromatic heterocycles. The number of hydrogen-bond acceptors (Lipinski definition) is 31. The number of allylic oxidation sites excluding steroid dienone is 1. The van der Waals surface area contributed by atoms with Crippen molar-refractivity contribution < 1.29 is 87.2 Å². The van der Waals surface area contributed by atoms with E-state index in [0.29, 0.717) is 35.7 Å². The summed E-state index contributed by atoms with van der Waals surface area (Å²) in [6, 6.07) is 0.909. The Morgan fingerprint density at radius 3 is 2.27 bits per heavy atom. The van der Waals surface area contributed by atoms with Gasteiger partial charge in [0.15, 0.2) is 18.1 Å². The molecule has 5 aliphatic rings. The number of thiazole rings is 5. The van der Waals surface area contributed by atoms with Crippen LogP contribution in [0.15, 0.2) is 56.9 Å². The molecule has 2 saturated heterocycles. The fourth-order valence-electron chi connectivity index (χ4n) is 12.8. The molecule has 5 amide bonds. The number of ether oxygens (including phenoxy) is 7. The number of amides is 5. The van der Waals surface area contributed by atoms with Crippen LogP contribution in [0.1, 0.15) is 126 Å². The molecule has 12 bridgehead atoms. The second kappa shape index (κ2) is 29.9. The van der Waals surface area contributed by atoms with Gasteiger partial charge in [-0.1, -0.05) is 12.1 Å². The first-order chi connectivity index (χ1) is 48.9. The van der Waals surface area contributed by atoms with Crippen molar-refractivity contribution in [3.8, 4) is 38.4 Å². The summed E-state index contributed by atoms with van der Waals surface area (Å²) in [7, 11) is 4.88. The molecule has 102 heavy (non-hydrogen) atoms. The van der Waals surface area contributed by atoms with Crippen molar-refractivity contribution in [1.82, 2.24) is 71.0 Å². The lowest BCUT2D eigenvalue weighted by atomic mass is 9.85. The SMILES string of the molecule is CO/C(C)=C1/NC(=O)[C@H]([C@@H](C)O)NC(=O)c2csc(n2)-c2cc(O)c(-c3nc(CNC(=O)CCN4CCOCC4)cs3)nc2-c2csc(n2)[C@@H]2COC(=O)c3c4c5c(cccc5n3O)COC(=O)[C@@H](O[C@H]3C[C@](C)(O)[C@H](N(C)C)[C@H](C)O3)[C@@H](OC4)[C@H](NC(=O)c3csc1n3)c1nc(cs1)C(=O)N2. The Hall–Kier alpha value is -8.83. The standard InChI is InChI=1S/C65H70N14O18S5/c1-28(80)45-57(86)75-46(29(2)91-7)60-71-39(27-101-60)56(85)76-49-51-52(97-43-18-65(4,89)53(77(5)6)30(3)96-43)64(88)94-20-31-9-8-10-40-44(31)34(21-93-51)50(79(40)90)63(87)95-22-35(68-54(83)37-26-102-62(49)72-37)59-69-36(24-100-59)47-33(58-70-38(25-99-58)55(84)74-45)17-41(81)48(73-47)61-67-32(23-98-61)19-66-42(82)11-12-78-13-15-92-16-14-78/h8-10,17,23-28,30,35,43,45,49,51-53,80-81,89-90H,11-16,18-22H2,1-7H3,(H,66,82)(H,68,83)(H,74,84)(H,75,86)(H,76,85)/b46-29+/t28-,30+,35+,43+,45+,49+,51+,52+,53-,65+/m1/s1. The van der Waals surface area contributed by atoms with Gasteiger partial charge in [-0.05, 0) is 59.5 Å². The van der Waals surface area contributed by atoms with Gasteiger partial charge < -0.3 is 85.2 Å². The summed E-state index contributed by atoms with van der Waals surface area (Å²) in [4.78, 5) is 135. The first-order valence-electron chi connectivity index (χ1n) is 32.2. The van der Waals surface area contributed by atoms with Crippen LogP contribution in [0.3, 0.4) is 0 Å². The first kappa shape index (κ1) is 71.6. The number of carbonyl (C=O) groups excluding carboxylic acids is 7. The smallest absolute Gasteiger partial charge is 0.358 e. The third-order valence-electron chi connectivity index (χ3n) is 17.8. The van der Waals surface area contributed by atoms with E-state index in [1.165, 1.54) is 49.2 Å². The summed E-state index contributed by atoms with van der Waals surface area (Å²) >= 11 is 4.88. The summed E-state index contributed by atoms with van der Waals surface area (Å²) in [5.74, 6) is -6.28. The third kappa shape index (κ3) is 14.8. The zero-order valence-corrected chi connectivity index (χ0v) is 59.8. The third-order valence-corrected chi connectivity index (χ3v) is 22.3. The topological polar surface area (TPSA) is 414 Å². The monoisotopic (exact) mass is 1490 g/mol. The normalized spacial score (nSPS) is 24.7. The van der Waals surface area contributed by atoms with E-state index in [0.717, 1.165) is 69.8 Å². The molecule has 8 aromatic rings. The highest BCUT2D eigenvalue weighted by Gasteiger charge is 2.50. The number of nitrogens with zero attached hydrogens (tertiary/aromatic N) is 9. The molecule has 32 nitrogen and oxygen atoms in total. The number of methoxy groups -OCH3 is 1. The van der Waals surface area contributed by atoms with E-state index >= 15 is 19.2 Å². The average Bonchev–Trinajstić information content (AvgIpc) is 1.58. The Kier molecular flexibility index (Phi) is 21.0. The molecule has 2 fully saturated rings. The molecule has 0 unspecified atom stereocenters. The maximum Gasteiger partial charge on any atom is 0.358 e. The number of carbonyl (C=O) groups is 7. The molecular formula is C65H70N14O18S5. The van der Waals surface area contributed by atoms with Crippen LogP contribution in [0.4, 0.5) is 0 Å². The molecule has 12 heterocycles. The number of aromatic nitrogens is 7. The molecule has 0 saturated carbocycles. The van der Waals surface area contributed by atoms with Crippen molar-refractivity contribution >= 4 is 115 Å². The van der Waals surface area contributed by atoms with Gasteiger partial charge in [-0.25, -0.2) is 39.5 Å². The molecule has 0 spiro atoms. The Bertz CT molecular complexity index is 4590. The van der Waals surface area contributed by atoms with E-state index in [2.05, 4.69) is 41.5 Å². The Balaban J connectivity index is 0.949. The van der Waals surface area contributed by atoms with Crippen LogP contribution < -0.4 is 26.6 Å². The number of fused-ring (bicyclic) bond motifs is 15. The largest absolute Gasteiger partial charge is 0.506 e. The predicted molar refractivity (Wildman–Crippen MR) is 368 cm³/mol. The molecule has 9 N–H and O–H groups in total. The number of rotatable bonds is 11. The molecule has 0 aliphatic carbocycles. The minimum Gasteiger partial charge on any atom is -0.506 e. The van der Waals surface area contributed by atoms with Gasteiger partial charge in [-0.15, -0.1) is 56.7 Å². The molecule has 13 rings (SSSR count). The van der Waals surface area contributed by atoms with Gasteiger partial charge in [0.1, 0.15) is 114 Å². The number of benzene rings is 1. The van der Waals surface area contributed by atoms with Gasteiger partial charge in [0, 0.05) is 75.9 Å². The maximum absolute atomic E-state index is 15.2. The number of nitrogens with one attached hydrogen (secondary N) is 5. The number of morpholine rings is 1. The average molecular weight is 1500 g/mol. The van der Waals surface area contributed by atoms with E-state index in [4.69, 9.17) is 53.1 Å². The van der Waals surface area contributed by atoms with Crippen molar-refractivity contribution in [1.29, 1.82) is 0 Å². The van der Waals surface area contributed by atoms with E-state index in [-0.39, 0.29) is 124 Å². The summed E-state index contributed by atoms with van der Waals surface area (Å²) in [6.07, 6.45) is -7.21. The highest BCUT2D eigenvalue weighted by atomic mass is 32.1. The predicted octanol–water partition coefficient (Wildman–Crippen LogP) is 4.50. The molecular weight excluding hydrogens is 1430 g/mol. The lowest BCUT2D eigenvalue weighted by Gasteiger charge is -2.48. The van der Waals surface area contributed by atoms with Crippen LogP contribution >= 0.6 is 56.7 Å². The van der Waals surface area contributed by atoms with Crippen molar-refractivity contribution in [2.24, 2.45) is 0 Å². The molecule has 1 aromatic carbocycles. The minimum absolute atomic E-state index is 0.000868. The van der Waals surface area contributed by atoms with Crippen LogP contribution in [0.5, 0.6) is 5.75 Å². The van der Waals surface area contributed by atoms with Crippen molar-refractivity contribution in [2.75, 3.05) is 60.7 Å². The van der Waals surface area contributed by atoms with E-state index < -0.39 is 122 Å². The number of aliphatic hydroxyl groups is 2. The number of esters is 2. The number of aromatic hydroxyl groups is 1. The van der Waals surface area contributed by atoms with Gasteiger partial charge in [0.2, 0.25) is 11.8 Å². The Labute approximate surface area is 601 Å². The van der Waals surface area contributed by atoms with Crippen LogP contribution in [0.25, 0.3) is 49.3 Å². The molecule has 0 radical (unpaired) electrons. The second-order valence-electron chi connectivity index (χ2n) is 25.1. The van der Waals surface area contributed by atoms with Crippen LogP contribution in [0.2, 0.25) is 0 Å². The summed E-state index contributed by atoms with van der Waals surface area (Å²) in [5, 5.41) is 69.4. The van der Waals surface area contributed by atoms with Crippen molar-refractivity contribution in [3.63, 3.8) is 0 Å². The van der Waals surface area contributed by atoms with E-state index in [1.54, 1.807) is 55.7 Å². The molecule has 37 heteroatoms. The van der Waals surface area contributed by atoms with Gasteiger partial charge in [0.05, 0.1) is 68.5 Å². The highest BCUT2D eigenvalue weighted by molar-refractivity contribution is 7.14. The van der Waals surface area contributed by atoms with E-state index in [9.17, 15) is 34.9 Å². The van der Waals surface area contributed by atoms with Crippen molar-refractivity contribution in [2.45, 2.75) is 121 Å². The Morgan fingerprint density at radius 2 is 1.53 bits per heavy atom. The second-order valence-corrected chi connectivity index (χ2v) is 29.5. The number of cyclic esters (lactones) is 2. The first-order valence-corrected chi connectivity index (χ1v) is 36.6. The van der Waals surface area contributed by atoms with Crippen molar-refractivity contribution in [3.05, 3.63) is 112 Å². The molecule has 5 aliphatic heterocycles.